The number of rotatable bonds is 3. The van der Waals surface area contributed by atoms with Gasteiger partial charge in [-0.25, -0.2) is 0 Å². The zero-order valence-electron chi connectivity index (χ0n) is 9.76. The van der Waals surface area contributed by atoms with Crippen LogP contribution >= 0.6 is 0 Å². The third kappa shape index (κ3) is 3.89. The Morgan fingerprint density at radius 2 is 2.00 bits per heavy atom. The topological polar surface area (TPSA) is 79.5 Å². The molecule has 0 radical (unpaired) electrons. The van der Waals surface area contributed by atoms with Crippen LogP contribution in [0.2, 0.25) is 0 Å². The molecule has 0 saturated carbocycles. The number of benzene rings is 1. The number of nitrogens with zero attached hydrogens (tertiary/aromatic N) is 2. The highest BCUT2D eigenvalue weighted by Crippen LogP contribution is 2.11. The van der Waals surface area contributed by atoms with E-state index >= 15 is 0 Å². The Morgan fingerprint density at radius 1 is 1.35 bits per heavy atom. The van der Waals surface area contributed by atoms with Crippen LogP contribution < -0.4 is 0 Å². The van der Waals surface area contributed by atoms with Crippen molar-refractivity contribution < 1.29 is 12.7 Å². The predicted octanol–water partition coefficient (Wildman–Crippen LogP) is 1.51. The van der Waals surface area contributed by atoms with Crippen LogP contribution in [0.15, 0.2) is 23.4 Å². The highest BCUT2D eigenvalue weighted by atomic mass is 32.2. The van der Waals surface area contributed by atoms with Crippen LogP contribution in [0.5, 0.6) is 0 Å². The van der Waals surface area contributed by atoms with Crippen LogP contribution in [0, 0.1) is 25.2 Å². The number of aryl methyl sites for hydroxylation is 2. The van der Waals surface area contributed by atoms with Crippen LogP contribution in [0.4, 0.5) is 0 Å². The molecule has 0 aliphatic carbocycles. The fourth-order valence-electron chi connectivity index (χ4n) is 1.13. The van der Waals surface area contributed by atoms with Crippen molar-refractivity contribution in [2.45, 2.75) is 13.8 Å². The summed E-state index contributed by atoms with van der Waals surface area (Å²) < 4.78 is 25.8. The molecule has 17 heavy (non-hydrogen) atoms. The predicted molar refractivity (Wildman–Crippen MR) is 64.0 cm³/mol. The lowest BCUT2D eigenvalue weighted by Crippen LogP contribution is -2.03. The van der Waals surface area contributed by atoms with Crippen molar-refractivity contribution in [1.82, 2.24) is 0 Å². The first-order valence-electron chi connectivity index (χ1n) is 4.78. The van der Waals surface area contributed by atoms with Crippen molar-refractivity contribution in [2.24, 2.45) is 5.16 Å². The molecule has 6 heteroatoms. The molecule has 0 unspecified atom stereocenters. The van der Waals surface area contributed by atoms with Gasteiger partial charge in [0.05, 0.1) is 6.26 Å². The van der Waals surface area contributed by atoms with Crippen LogP contribution in [0.1, 0.15) is 16.7 Å². The van der Waals surface area contributed by atoms with E-state index in [1.54, 1.807) is 18.2 Å². The highest BCUT2D eigenvalue weighted by molar-refractivity contribution is 7.85. The third-order valence-corrected chi connectivity index (χ3v) is 2.50. The Bertz CT molecular complexity index is 598. The summed E-state index contributed by atoms with van der Waals surface area (Å²) >= 11 is 0. The van der Waals surface area contributed by atoms with Crippen molar-refractivity contribution in [3.05, 3.63) is 34.9 Å². The van der Waals surface area contributed by atoms with Gasteiger partial charge < -0.3 is 0 Å². The summed E-state index contributed by atoms with van der Waals surface area (Å²) in [6.07, 6.45) is 0.867. The average Bonchev–Trinajstić information content (AvgIpc) is 2.22. The molecule has 1 aromatic rings. The first-order chi connectivity index (χ1) is 7.83. The zero-order chi connectivity index (χ0) is 13.1. The summed E-state index contributed by atoms with van der Waals surface area (Å²) in [4.78, 5) is 0. The minimum absolute atomic E-state index is 0.0708. The molecule has 0 saturated heterocycles. The van der Waals surface area contributed by atoms with Crippen molar-refractivity contribution in [2.75, 3.05) is 6.26 Å². The van der Waals surface area contributed by atoms with Crippen molar-refractivity contribution in [1.29, 1.82) is 5.26 Å². The summed E-state index contributed by atoms with van der Waals surface area (Å²) in [5.74, 6) is 0. The Kier molecular flexibility index (Phi) is 3.86. The van der Waals surface area contributed by atoms with Gasteiger partial charge in [-0.15, -0.1) is 0 Å². The van der Waals surface area contributed by atoms with Crippen LogP contribution in [0.25, 0.3) is 0 Å². The van der Waals surface area contributed by atoms with Gasteiger partial charge in [-0.1, -0.05) is 17.3 Å². The van der Waals surface area contributed by atoms with Crippen molar-refractivity contribution in [3.63, 3.8) is 0 Å². The molecule has 0 heterocycles. The maximum atomic E-state index is 10.8. The standard InChI is InChI=1S/C11H12N2O3S/c1-8-4-5-10(6-9(8)2)11(7-12)13-16-17(3,14)15/h4-6H,1-3H3. The zero-order valence-corrected chi connectivity index (χ0v) is 10.6. The minimum atomic E-state index is -3.69. The lowest BCUT2D eigenvalue weighted by molar-refractivity contribution is 0.344. The summed E-state index contributed by atoms with van der Waals surface area (Å²) in [6, 6.07) is 7.07. The molecular formula is C11H12N2O3S. The first kappa shape index (κ1) is 13.2. The van der Waals surface area contributed by atoms with E-state index in [0.29, 0.717) is 5.56 Å². The fraction of sp³-hybridized carbons (Fsp3) is 0.273. The monoisotopic (exact) mass is 252 g/mol. The second-order valence-corrected chi connectivity index (χ2v) is 5.19. The van der Waals surface area contributed by atoms with Gasteiger partial charge in [0.2, 0.25) is 0 Å². The quantitative estimate of drug-likeness (QED) is 0.603. The number of hydrogen-bond acceptors (Lipinski definition) is 5. The number of nitriles is 1. The van der Waals surface area contributed by atoms with Crippen molar-refractivity contribution >= 4 is 15.8 Å². The van der Waals surface area contributed by atoms with E-state index in [-0.39, 0.29) is 5.71 Å². The summed E-state index contributed by atoms with van der Waals surface area (Å²) in [6.45, 7) is 3.83. The SMILES string of the molecule is Cc1ccc(C(C#N)=NOS(C)(=O)=O)cc1C. The second kappa shape index (κ2) is 4.97. The van der Waals surface area contributed by atoms with E-state index in [1.165, 1.54) is 0 Å². The maximum Gasteiger partial charge on any atom is 0.325 e. The van der Waals surface area contributed by atoms with Gasteiger partial charge in [-0.2, -0.15) is 13.7 Å². The lowest BCUT2D eigenvalue weighted by Gasteiger charge is -2.02. The van der Waals surface area contributed by atoms with Gasteiger partial charge in [0, 0.05) is 5.56 Å². The lowest BCUT2D eigenvalue weighted by atomic mass is 10.0. The molecule has 0 bridgehead atoms. The summed E-state index contributed by atoms with van der Waals surface area (Å²) in [5.41, 5.74) is 2.53. The van der Waals surface area contributed by atoms with Crippen LogP contribution in [-0.2, 0) is 14.4 Å². The van der Waals surface area contributed by atoms with Crippen LogP contribution in [0.3, 0.4) is 0 Å². The molecule has 0 amide bonds. The van der Waals surface area contributed by atoms with Gasteiger partial charge in [0.15, 0.2) is 5.71 Å². The van der Waals surface area contributed by atoms with Gasteiger partial charge in [0.25, 0.3) is 0 Å². The Labute approximate surface area is 100 Å². The maximum absolute atomic E-state index is 10.8. The van der Waals surface area contributed by atoms with Crippen LogP contribution in [-0.4, -0.2) is 20.4 Å². The molecule has 5 nitrogen and oxygen atoms in total. The fourth-order valence-corrected chi connectivity index (χ4v) is 1.34. The molecule has 0 aliphatic heterocycles. The molecule has 0 N–H and O–H groups in total. The molecule has 0 aromatic heterocycles. The van der Waals surface area contributed by atoms with E-state index in [0.717, 1.165) is 17.4 Å². The van der Waals surface area contributed by atoms with Crippen molar-refractivity contribution in [3.8, 4) is 6.07 Å². The van der Waals surface area contributed by atoms with E-state index in [4.69, 9.17) is 5.26 Å². The Hall–Kier alpha value is -1.87. The molecule has 0 aliphatic rings. The molecule has 1 aromatic carbocycles. The summed E-state index contributed by atoms with van der Waals surface area (Å²) in [5, 5.41) is 12.2. The smallest absolute Gasteiger partial charge is 0.267 e. The number of oxime groups is 1. The van der Waals surface area contributed by atoms with Gasteiger partial charge >= 0.3 is 10.1 Å². The van der Waals surface area contributed by atoms with Gasteiger partial charge in [-0.05, 0) is 31.0 Å². The van der Waals surface area contributed by atoms with Gasteiger partial charge in [-0.3, -0.25) is 4.28 Å². The molecule has 0 atom stereocenters. The first-order valence-corrected chi connectivity index (χ1v) is 6.59. The average molecular weight is 252 g/mol. The third-order valence-electron chi connectivity index (χ3n) is 2.15. The molecule has 0 fully saturated rings. The van der Waals surface area contributed by atoms with E-state index in [9.17, 15) is 8.42 Å². The second-order valence-electron chi connectivity index (χ2n) is 3.63. The molecule has 90 valence electrons. The largest absolute Gasteiger partial charge is 0.325 e. The Morgan fingerprint density at radius 3 is 2.47 bits per heavy atom. The Balaban J connectivity index is 3.11. The number of hydrogen-bond donors (Lipinski definition) is 0. The van der Waals surface area contributed by atoms with E-state index < -0.39 is 10.1 Å². The molecule has 1 rings (SSSR count). The van der Waals surface area contributed by atoms with E-state index in [2.05, 4.69) is 9.44 Å². The molecule has 0 spiro atoms. The minimum Gasteiger partial charge on any atom is -0.267 e. The van der Waals surface area contributed by atoms with Gasteiger partial charge in [0.1, 0.15) is 6.07 Å². The van der Waals surface area contributed by atoms with E-state index in [1.807, 2.05) is 19.9 Å². The summed E-state index contributed by atoms with van der Waals surface area (Å²) in [7, 11) is -3.69. The highest BCUT2D eigenvalue weighted by Gasteiger charge is 2.07. The molecular weight excluding hydrogens is 240 g/mol. The normalized spacial score (nSPS) is 12.0.